The number of aryl methyl sites for hydroxylation is 1. The van der Waals surface area contributed by atoms with Crippen LogP contribution < -0.4 is 18.9 Å². The number of aliphatic hydroxyl groups excluding tert-OH is 1. The number of pyridine rings is 1. The van der Waals surface area contributed by atoms with Crippen molar-refractivity contribution in [2.24, 2.45) is 13.0 Å². The fourth-order valence-electron chi connectivity index (χ4n) is 5.03. The number of methoxy groups -OCH3 is 4. The minimum Gasteiger partial charge on any atom is -0.497 e. The number of nitrogens with zero attached hydrogens (tertiary/aromatic N) is 2. The molecule has 0 saturated carbocycles. The van der Waals surface area contributed by atoms with Gasteiger partial charge >= 0.3 is 0 Å². The molecular formula is C34H38N2O6. The summed E-state index contributed by atoms with van der Waals surface area (Å²) in [4.78, 5) is 17.0. The van der Waals surface area contributed by atoms with Gasteiger partial charge in [-0.1, -0.05) is 25.1 Å². The second-order valence-electron chi connectivity index (χ2n) is 10.2. The zero-order chi connectivity index (χ0) is 30.4. The molecule has 8 nitrogen and oxygen atoms in total. The van der Waals surface area contributed by atoms with Crippen LogP contribution in [0.5, 0.6) is 23.0 Å². The number of fused-ring (bicyclic) bond motifs is 2. The Morgan fingerprint density at radius 3 is 2.19 bits per heavy atom. The van der Waals surface area contributed by atoms with Crippen LogP contribution in [-0.2, 0) is 13.5 Å². The van der Waals surface area contributed by atoms with Crippen molar-refractivity contribution in [2.45, 2.75) is 20.3 Å². The van der Waals surface area contributed by atoms with Crippen molar-refractivity contribution in [3.05, 3.63) is 78.0 Å². The van der Waals surface area contributed by atoms with E-state index in [9.17, 15) is 4.79 Å². The lowest BCUT2D eigenvalue weighted by Gasteiger charge is -2.15. The highest BCUT2D eigenvalue weighted by Gasteiger charge is 2.17. The van der Waals surface area contributed by atoms with Crippen LogP contribution in [0.25, 0.3) is 33.1 Å². The van der Waals surface area contributed by atoms with Gasteiger partial charge in [-0.2, -0.15) is 0 Å². The molecule has 0 radical (unpaired) electrons. The molecule has 5 aromatic rings. The molecule has 0 amide bonds. The number of carbonyl (C=O) groups excluding carboxylic acids is 1. The number of ether oxygens (including phenoxy) is 4. The highest BCUT2D eigenvalue weighted by atomic mass is 16.5. The highest BCUT2D eigenvalue weighted by molar-refractivity contribution is 6.07. The molecule has 1 atom stereocenters. The molecule has 0 saturated heterocycles. The fourth-order valence-corrected chi connectivity index (χ4v) is 5.03. The van der Waals surface area contributed by atoms with Crippen LogP contribution in [0.4, 0.5) is 0 Å². The average Bonchev–Trinajstić information content (AvgIpc) is 3.33. The first-order chi connectivity index (χ1) is 20.2. The zero-order valence-electron chi connectivity index (χ0n) is 25.2. The summed E-state index contributed by atoms with van der Waals surface area (Å²) in [6.07, 6.45) is 3.11. The Morgan fingerprint density at radius 2 is 1.60 bits per heavy atom. The molecule has 0 aliphatic heterocycles. The summed E-state index contributed by atoms with van der Waals surface area (Å²) < 4.78 is 23.6. The summed E-state index contributed by atoms with van der Waals surface area (Å²) in [6.45, 7) is 3.86. The van der Waals surface area contributed by atoms with Crippen LogP contribution in [0.2, 0.25) is 0 Å². The van der Waals surface area contributed by atoms with Gasteiger partial charge in [0.15, 0.2) is 17.3 Å². The quantitative estimate of drug-likeness (QED) is 0.203. The molecule has 0 fully saturated rings. The molecule has 0 aliphatic rings. The SMILES string of the molecule is CC(CO)Cc1cn(C)c2ccccc12.COc1ccc2nc(-c3cc(OC)c(OC)c(OC)c3)cc(C(C)=O)c2c1. The van der Waals surface area contributed by atoms with Gasteiger partial charge in [-0.05, 0) is 67.3 Å². The maximum absolute atomic E-state index is 12.3. The van der Waals surface area contributed by atoms with Crippen molar-refractivity contribution in [2.75, 3.05) is 35.0 Å². The van der Waals surface area contributed by atoms with Gasteiger partial charge in [-0.3, -0.25) is 4.79 Å². The summed E-state index contributed by atoms with van der Waals surface area (Å²) in [5, 5.41) is 11.1. The van der Waals surface area contributed by atoms with Crippen molar-refractivity contribution in [3.8, 4) is 34.3 Å². The monoisotopic (exact) mass is 570 g/mol. The summed E-state index contributed by atoms with van der Waals surface area (Å²) in [5.41, 5.74) is 5.25. The third-order valence-corrected chi connectivity index (χ3v) is 7.22. The molecule has 42 heavy (non-hydrogen) atoms. The van der Waals surface area contributed by atoms with E-state index in [-0.39, 0.29) is 12.4 Å². The zero-order valence-corrected chi connectivity index (χ0v) is 25.2. The number of benzene rings is 3. The Labute approximate surface area is 246 Å². The van der Waals surface area contributed by atoms with Gasteiger partial charge in [-0.15, -0.1) is 0 Å². The average molecular weight is 571 g/mol. The Balaban J connectivity index is 0.000000227. The number of ketones is 1. The molecule has 3 aromatic carbocycles. The minimum absolute atomic E-state index is 0.0515. The van der Waals surface area contributed by atoms with Crippen LogP contribution in [0, 0.1) is 5.92 Å². The molecule has 1 N–H and O–H groups in total. The number of aliphatic hydroxyl groups is 1. The van der Waals surface area contributed by atoms with Gasteiger partial charge in [0, 0.05) is 47.3 Å². The molecule has 8 heteroatoms. The first-order valence-electron chi connectivity index (χ1n) is 13.7. The summed E-state index contributed by atoms with van der Waals surface area (Å²) >= 11 is 0. The molecular weight excluding hydrogens is 532 g/mol. The number of Topliss-reactive ketones (excluding diaryl/α,β-unsaturated/α-hetero) is 1. The maximum atomic E-state index is 12.3. The predicted octanol–water partition coefficient (Wildman–Crippen LogP) is 6.49. The van der Waals surface area contributed by atoms with Gasteiger partial charge < -0.3 is 28.6 Å². The first kappa shape index (κ1) is 30.4. The third-order valence-electron chi connectivity index (χ3n) is 7.22. The van der Waals surface area contributed by atoms with E-state index in [1.54, 1.807) is 34.5 Å². The van der Waals surface area contributed by atoms with Crippen molar-refractivity contribution in [3.63, 3.8) is 0 Å². The normalized spacial score (nSPS) is 11.5. The van der Waals surface area contributed by atoms with E-state index in [4.69, 9.17) is 29.0 Å². The smallest absolute Gasteiger partial charge is 0.203 e. The molecule has 1 unspecified atom stereocenters. The molecule has 0 bridgehead atoms. The molecule has 2 heterocycles. The number of hydrogen-bond donors (Lipinski definition) is 1. The number of aromatic nitrogens is 2. The fraction of sp³-hybridized carbons (Fsp3) is 0.294. The van der Waals surface area contributed by atoms with E-state index < -0.39 is 0 Å². The topological polar surface area (TPSA) is 92.0 Å². The number of rotatable bonds is 9. The van der Waals surface area contributed by atoms with Gasteiger partial charge in [0.25, 0.3) is 0 Å². The Kier molecular flexibility index (Phi) is 9.70. The first-order valence-corrected chi connectivity index (χ1v) is 13.7. The van der Waals surface area contributed by atoms with Gasteiger partial charge in [0.05, 0.1) is 39.6 Å². The molecule has 0 aliphatic carbocycles. The lowest BCUT2D eigenvalue weighted by atomic mass is 10.0. The predicted molar refractivity (Wildman–Crippen MR) is 166 cm³/mol. The van der Waals surface area contributed by atoms with Crippen LogP contribution in [0.1, 0.15) is 29.8 Å². The van der Waals surface area contributed by atoms with Gasteiger partial charge in [0.2, 0.25) is 5.75 Å². The lowest BCUT2D eigenvalue weighted by Crippen LogP contribution is -2.03. The second kappa shape index (κ2) is 13.4. The van der Waals surface area contributed by atoms with Gasteiger partial charge in [0.1, 0.15) is 5.75 Å². The molecule has 220 valence electrons. The summed E-state index contributed by atoms with van der Waals surface area (Å²) in [5.74, 6) is 2.49. The van der Waals surface area contributed by atoms with E-state index in [2.05, 4.69) is 49.0 Å². The van der Waals surface area contributed by atoms with E-state index in [1.165, 1.54) is 23.4 Å². The van der Waals surface area contributed by atoms with Crippen molar-refractivity contribution in [1.82, 2.24) is 9.55 Å². The maximum Gasteiger partial charge on any atom is 0.203 e. The third kappa shape index (κ3) is 6.34. The summed E-state index contributed by atoms with van der Waals surface area (Å²) in [7, 11) is 8.32. The van der Waals surface area contributed by atoms with Crippen molar-refractivity contribution >= 4 is 27.6 Å². The molecule has 5 rings (SSSR count). The second-order valence-corrected chi connectivity index (χ2v) is 10.2. The Morgan fingerprint density at radius 1 is 0.905 bits per heavy atom. The number of hydrogen-bond acceptors (Lipinski definition) is 7. The van der Waals surface area contributed by atoms with E-state index in [0.29, 0.717) is 45.7 Å². The largest absolute Gasteiger partial charge is 0.497 e. The van der Waals surface area contributed by atoms with E-state index in [0.717, 1.165) is 17.4 Å². The number of carbonyl (C=O) groups is 1. The minimum atomic E-state index is -0.0515. The standard InChI is InChI=1S/C21H21NO5.C13H17NO/c1-12(23)15-11-18(22-17-7-6-14(24-2)10-16(15)17)13-8-19(25-3)21(27-5)20(9-13)26-4;1-10(9-15)7-11-8-14(2)13-6-4-3-5-12(11)13/h6-11H,1-5H3;3-6,8,10,15H,7,9H2,1-2H3. The van der Waals surface area contributed by atoms with Gasteiger partial charge in [-0.25, -0.2) is 4.98 Å². The lowest BCUT2D eigenvalue weighted by molar-refractivity contribution is 0.101. The number of para-hydroxylation sites is 1. The van der Waals surface area contributed by atoms with Crippen LogP contribution in [-0.4, -0.2) is 55.5 Å². The summed E-state index contributed by atoms with van der Waals surface area (Å²) in [6, 6.07) is 19.3. The Hall–Kier alpha value is -4.56. The van der Waals surface area contributed by atoms with Crippen molar-refractivity contribution < 1.29 is 28.8 Å². The Bertz CT molecular complexity index is 1680. The molecule has 2 aromatic heterocycles. The van der Waals surface area contributed by atoms with E-state index >= 15 is 0 Å². The van der Waals surface area contributed by atoms with Crippen LogP contribution in [0.15, 0.2) is 66.9 Å². The van der Waals surface area contributed by atoms with E-state index in [1.807, 2.05) is 30.3 Å². The van der Waals surface area contributed by atoms with Crippen LogP contribution >= 0.6 is 0 Å². The highest BCUT2D eigenvalue weighted by Crippen LogP contribution is 2.41. The van der Waals surface area contributed by atoms with Crippen molar-refractivity contribution in [1.29, 1.82) is 0 Å². The van der Waals surface area contributed by atoms with Crippen LogP contribution in [0.3, 0.4) is 0 Å². The molecule has 0 spiro atoms.